The summed E-state index contributed by atoms with van der Waals surface area (Å²) in [6.07, 6.45) is 1.69. The number of ether oxygens (including phenoxy) is 2. The van der Waals surface area contributed by atoms with Crippen LogP contribution in [0.2, 0.25) is 0 Å². The average Bonchev–Trinajstić information content (AvgIpc) is 2.47. The van der Waals surface area contributed by atoms with Crippen LogP contribution < -0.4 is 4.74 Å². The van der Waals surface area contributed by atoms with Crippen LogP contribution in [0.15, 0.2) is 61.2 Å². The van der Waals surface area contributed by atoms with Gasteiger partial charge >= 0.3 is 0 Å². The van der Waals surface area contributed by atoms with Crippen molar-refractivity contribution in [2.24, 2.45) is 0 Å². The van der Waals surface area contributed by atoms with E-state index in [1.807, 2.05) is 56.3 Å². The fraction of sp³-hybridized carbons (Fsp3) is 0.222. The van der Waals surface area contributed by atoms with Crippen molar-refractivity contribution in [1.82, 2.24) is 0 Å². The molecule has 0 aliphatic carbocycles. The molecule has 0 saturated heterocycles. The largest absolute Gasteiger partial charge is 0.457 e. The van der Waals surface area contributed by atoms with Gasteiger partial charge in [0.2, 0.25) is 0 Å². The first kappa shape index (κ1) is 12.9. The third-order valence-electron chi connectivity index (χ3n) is 3.54. The van der Waals surface area contributed by atoms with Crippen molar-refractivity contribution in [3.63, 3.8) is 0 Å². The van der Waals surface area contributed by atoms with E-state index < -0.39 is 5.60 Å². The van der Waals surface area contributed by atoms with Gasteiger partial charge in [0.1, 0.15) is 17.6 Å². The summed E-state index contributed by atoms with van der Waals surface area (Å²) in [4.78, 5) is 0. The van der Waals surface area contributed by atoms with Crippen molar-refractivity contribution in [1.29, 1.82) is 0 Å². The molecular formula is C18H18O2. The zero-order valence-electron chi connectivity index (χ0n) is 11.8. The first-order valence-corrected chi connectivity index (χ1v) is 6.78. The minimum atomic E-state index is -0.401. The molecule has 0 unspecified atom stereocenters. The van der Waals surface area contributed by atoms with Gasteiger partial charge in [0.25, 0.3) is 0 Å². The second-order valence-corrected chi connectivity index (χ2v) is 5.48. The van der Waals surface area contributed by atoms with Gasteiger partial charge in [-0.2, -0.15) is 0 Å². The Morgan fingerprint density at radius 1 is 1.00 bits per heavy atom. The highest BCUT2D eigenvalue weighted by atomic mass is 16.5. The summed E-state index contributed by atoms with van der Waals surface area (Å²) in [7, 11) is 0. The number of para-hydroxylation sites is 2. The van der Waals surface area contributed by atoms with E-state index in [-0.39, 0.29) is 6.10 Å². The Bertz CT molecular complexity index is 598. The highest BCUT2D eigenvalue weighted by Crippen LogP contribution is 2.45. The molecule has 1 aliphatic rings. The topological polar surface area (TPSA) is 18.5 Å². The van der Waals surface area contributed by atoms with Crippen LogP contribution in [0.5, 0.6) is 11.5 Å². The minimum absolute atomic E-state index is 0.135. The predicted octanol–water partition coefficient (Wildman–Crippen LogP) is 4.86. The van der Waals surface area contributed by atoms with Gasteiger partial charge in [-0.15, -0.1) is 6.58 Å². The second kappa shape index (κ2) is 4.80. The lowest BCUT2D eigenvalue weighted by Gasteiger charge is -2.33. The van der Waals surface area contributed by atoms with Crippen molar-refractivity contribution in [3.8, 4) is 11.5 Å². The van der Waals surface area contributed by atoms with Crippen LogP contribution in [-0.4, -0.2) is 5.60 Å². The Labute approximate surface area is 119 Å². The van der Waals surface area contributed by atoms with E-state index in [0.717, 1.165) is 22.6 Å². The lowest BCUT2D eigenvalue weighted by molar-refractivity contribution is -0.0263. The summed E-state index contributed by atoms with van der Waals surface area (Å²) in [6.45, 7) is 7.88. The molecule has 2 heteroatoms. The van der Waals surface area contributed by atoms with Gasteiger partial charge in [-0.1, -0.05) is 42.5 Å². The van der Waals surface area contributed by atoms with Crippen LogP contribution >= 0.6 is 0 Å². The summed E-state index contributed by atoms with van der Waals surface area (Å²) < 4.78 is 12.2. The van der Waals surface area contributed by atoms with E-state index in [4.69, 9.17) is 9.47 Å². The smallest absolute Gasteiger partial charge is 0.133 e. The molecule has 1 heterocycles. The number of benzene rings is 2. The van der Waals surface area contributed by atoms with E-state index in [9.17, 15) is 0 Å². The van der Waals surface area contributed by atoms with Gasteiger partial charge in [-0.05, 0) is 26.0 Å². The molecule has 0 N–H and O–H groups in total. The van der Waals surface area contributed by atoms with E-state index in [1.54, 1.807) is 0 Å². The molecule has 0 fully saturated rings. The Morgan fingerprint density at radius 2 is 1.50 bits per heavy atom. The van der Waals surface area contributed by atoms with Crippen molar-refractivity contribution < 1.29 is 9.47 Å². The third-order valence-corrected chi connectivity index (χ3v) is 3.54. The maximum Gasteiger partial charge on any atom is 0.133 e. The van der Waals surface area contributed by atoms with Crippen molar-refractivity contribution in [2.45, 2.75) is 25.6 Å². The van der Waals surface area contributed by atoms with E-state index in [0.29, 0.717) is 0 Å². The monoisotopic (exact) mass is 266 g/mol. The molecule has 102 valence electrons. The van der Waals surface area contributed by atoms with Crippen LogP contribution in [0, 0.1) is 0 Å². The van der Waals surface area contributed by atoms with Crippen LogP contribution in [0.1, 0.15) is 31.1 Å². The second-order valence-electron chi connectivity index (χ2n) is 5.48. The van der Waals surface area contributed by atoms with Crippen LogP contribution in [0.4, 0.5) is 0 Å². The average molecular weight is 266 g/mol. The van der Waals surface area contributed by atoms with Gasteiger partial charge in [0, 0.05) is 11.1 Å². The van der Waals surface area contributed by atoms with Crippen molar-refractivity contribution in [2.75, 3.05) is 0 Å². The number of fused-ring (bicyclic) bond motifs is 2. The van der Waals surface area contributed by atoms with Gasteiger partial charge in [-0.25, -0.2) is 0 Å². The first-order valence-electron chi connectivity index (χ1n) is 6.78. The Morgan fingerprint density at radius 3 is 2.00 bits per heavy atom. The fourth-order valence-corrected chi connectivity index (χ4v) is 2.34. The molecule has 0 aromatic heterocycles. The maximum absolute atomic E-state index is 6.28. The van der Waals surface area contributed by atoms with Crippen molar-refractivity contribution in [3.05, 3.63) is 72.3 Å². The summed E-state index contributed by atoms with van der Waals surface area (Å²) >= 11 is 0. The highest BCUT2D eigenvalue weighted by Gasteiger charge is 2.31. The molecule has 0 spiro atoms. The minimum Gasteiger partial charge on any atom is -0.457 e. The quantitative estimate of drug-likeness (QED) is 0.738. The Balaban J connectivity index is 2.10. The van der Waals surface area contributed by atoms with E-state index in [1.165, 1.54) is 0 Å². The molecule has 2 aromatic rings. The predicted molar refractivity (Wildman–Crippen MR) is 80.2 cm³/mol. The molecular weight excluding hydrogens is 248 g/mol. The van der Waals surface area contributed by atoms with Crippen LogP contribution in [0.25, 0.3) is 0 Å². The molecule has 2 nitrogen and oxygen atoms in total. The van der Waals surface area contributed by atoms with Crippen LogP contribution in [-0.2, 0) is 4.74 Å². The molecule has 2 aromatic carbocycles. The molecule has 0 radical (unpaired) electrons. The molecule has 0 amide bonds. The zero-order chi connectivity index (χ0) is 14.2. The summed E-state index contributed by atoms with van der Waals surface area (Å²) in [5, 5.41) is 0. The third kappa shape index (κ3) is 2.23. The zero-order valence-corrected chi connectivity index (χ0v) is 11.8. The summed E-state index contributed by atoms with van der Waals surface area (Å²) in [5.41, 5.74) is 1.71. The Kier molecular flexibility index (Phi) is 3.11. The van der Waals surface area contributed by atoms with Gasteiger partial charge < -0.3 is 9.47 Å². The lowest BCUT2D eigenvalue weighted by atomic mass is 9.96. The van der Waals surface area contributed by atoms with Crippen LogP contribution in [0.3, 0.4) is 0 Å². The molecule has 1 aliphatic heterocycles. The molecule has 0 saturated carbocycles. The molecule has 3 rings (SSSR count). The number of hydrogen-bond donors (Lipinski definition) is 0. The number of hydrogen-bond acceptors (Lipinski definition) is 2. The molecule has 0 bridgehead atoms. The van der Waals surface area contributed by atoms with Gasteiger partial charge in [-0.3, -0.25) is 0 Å². The molecule has 20 heavy (non-hydrogen) atoms. The standard InChI is InChI=1S/C18H18O2/c1-4-18(2,3)20-17-13-9-5-7-11-15(13)19-16-12-8-6-10-14(16)17/h4-12,17H,1H2,2-3H3. The Hall–Kier alpha value is -2.06. The SMILES string of the molecule is C=CC(C)(C)OC1c2ccccc2Oc2ccccc21. The van der Waals surface area contributed by atoms with E-state index in [2.05, 4.69) is 18.7 Å². The highest BCUT2D eigenvalue weighted by molar-refractivity contribution is 5.52. The maximum atomic E-state index is 6.28. The number of rotatable bonds is 3. The summed E-state index contributed by atoms with van der Waals surface area (Å²) in [5.74, 6) is 1.71. The fourth-order valence-electron chi connectivity index (χ4n) is 2.34. The lowest BCUT2D eigenvalue weighted by Crippen LogP contribution is -2.26. The van der Waals surface area contributed by atoms with Gasteiger partial charge in [0.15, 0.2) is 0 Å². The van der Waals surface area contributed by atoms with Gasteiger partial charge in [0.05, 0.1) is 5.60 Å². The normalized spacial score (nSPS) is 14.1. The first-order chi connectivity index (χ1) is 9.61. The van der Waals surface area contributed by atoms with Crippen molar-refractivity contribution >= 4 is 0 Å². The summed E-state index contributed by atoms with van der Waals surface area (Å²) in [6, 6.07) is 16.0. The van der Waals surface area contributed by atoms with E-state index >= 15 is 0 Å². The molecule has 0 atom stereocenters.